The number of aliphatic hydroxyl groups excluding tert-OH is 1. The predicted octanol–water partition coefficient (Wildman–Crippen LogP) is 1.80. The number of hydrogen-bond acceptors (Lipinski definition) is 3. The lowest BCUT2D eigenvalue weighted by Gasteiger charge is -2.09. The summed E-state index contributed by atoms with van der Waals surface area (Å²) in [5.74, 6) is 2.35. The SMILES string of the molecule is C[C@H](O)C[NH2+]CCOc1cccc(Oc2ccccc2)c1. The highest BCUT2D eigenvalue weighted by atomic mass is 16.5. The highest BCUT2D eigenvalue weighted by Gasteiger charge is 2.01. The highest BCUT2D eigenvalue weighted by molar-refractivity contribution is 5.36. The van der Waals surface area contributed by atoms with E-state index in [4.69, 9.17) is 14.6 Å². The van der Waals surface area contributed by atoms with E-state index in [1.165, 1.54) is 0 Å². The number of hydrogen-bond donors (Lipinski definition) is 2. The largest absolute Gasteiger partial charge is 0.488 e. The molecule has 0 spiro atoms. The lowest BCUT2D eigenvalue weighted by molar-refractivity contribution is -0.661. The van der Waals surface area contributed by atoms with Crippen LogP contribution in [0.25, 0.3) is 0 Å². The molecular formula is C17H22NO3+. The fourth-order valence-corrected chi connectivity index (χ4v) is 1.87. The van der Waals surface area contributed by atoms with Gasteiger partial charge in [0.15, 0.2) is 0 Å². The van der Waals surface area contributed by atoms with Crippen molar-refractivity contribution in [3.05, 3.63) is 54.6 Å². The van der Waals surface area contributed by atoms with E-state index in [0.29, 0.717) is 13.2 Å². The summed E-state index contributed by atoms with van der Waals surface area (Å²) in [5, 5.41) is 11.2. The molecule has 0 aliphatic rings. The van der Waals surface area contributed by atoms with Crippen molar-refractivity contribution in [3.63, 3.8) is 0 Å². The molecule has 2 rings (SSSR count). The van der Waals surface area contributed by atoms with E-state index >= 15 is 0 Å². The topological polar surface area (TPSA) is 55.3 Å². The molecule has 3 N–H and O–H groups in total. The Balaban J connectivity index is 1.81. The summed E-state index contributed by atoms with van der Waals surface area (Å²) < 4.78 is 11.4. The van der Waals surface area contributed by atoms with Crippen LogP contribution in [0.3, 0.4) is 0 Å². The van der Waals surface area contributed by atoms with Crippen LogP contribution in [-0.2, 0) is 0 Å². The normalized spacial score (nSPS) is 11.9. The molecule has 0 fully saturated rings. The number of ether oxygens (including phenoxy) is 2. The van der Waals surface area contributed by atoms with Crippen molar-refractivity contribution in [3.8, 4) is 17.2 Å². The molecular weight excluding hydrogens is 266 g/mol. The van der Waals surface area contributed by atoms with Gasteiger partial charge in [0, 0.05) is 6.07 Å². The number of para-hydroxylation sites is 1. The summed E-state index contributed by atoms with van der Waals surface area (Å²) in [6, 6.07) is 17.3. The zero-order valence-electron chi connectivity index (χ0n) is 12.2. The molecule has 1 atom stereocenters. The Labute approximate surface area is 125 Å². The standard InChI is InChI=1S/C17H21NO3/c1-14(19)13-18-10-11-20-16-8-5-9-17(12-16)21-15-6-3-2-4-7-15/h2-9,12,14,18-19H,10-11,13H2,1H3/p+1/t14-/m0/s1. The number of benzene rings is 2. The highest BCUT2D eigenvalue weighted by Crippen LogP contribution is 2.24. The summed E-state index contributed by atoms with van der Waals surface area (Å²) in [7, 11) is 0. The minimum atomic E-state index is -0.285. The molecule has 0 heterocycles. The molecule has 0 aliphatic carbocycles. The van der Waals surface area contributed by atoms with Gasteiger partial charge in [0.05, 0.1) is 6.10 Å². The first-order valence-electron chi connectivity index (χ1n) is 7.19. The van der Waals surface area contributed by atoms with Crippen molar-refractivity contribution in [1.29, 1.82) is 0 Å². The van der Waals surface area contributed by atoms with Crippen LogP contribution in [0.1, 0.15) is 6.92 Å². The Bertz CT molecular complexity index is 529. The Morgan fingerprint density at radius 2 is 1.71 bits per heavy atom. The van der Waals surface area contributed by atoms with Gasteiger partial charge in [-0.25, -0.2) is 0 Å². The van der Waals surface area contributed by atoms with E-state index in [0.717, 1.165) is 23.8 Å². The molecule has 2 aromatic rings. The maximum Gasteiger partial charge on any atom is 0.137 e. The molecule has 0 saturated heterocycles. The Morgan fingerprint density at radius 3 is 2.48 bits per heavy atom. The minimum Gasteiger partial charge on any atom is -0.488 e. The van der Waals surface area contributed by atoms with E-state index in [1.807, 2.05) is 59.9 Å². The molecule has 0 aliphatic heterocycles. The van der Waals surface area contributed by atoms with Gasteiger partial charge < -0.3 is 19.9 Å². The number of rotatable bonds is 8. The van der Waals surface area contributed by atoms with E-state index in [9.17, 15) is 0 Å². The van der Waals surface area contributed by atoms with Gasteiger partial charge >= 0.3 is 0 Å². The summed E-state index contributed by atoms with van der Waals surface area (Å²) >= 11 is 0. The first kappa shape index (κ1) is 15.4. The summed E-state index contributed by atoms with van der Waals surface area (Å²) in [5.41, 5.74) is 0. The third-order valence-electron chi connectivity index (χ3n) is 2.88. The van der Waals surface area contributed by atoms with Crippen molar-refractivity contribution in [2.75, 3.05) is 19.7 Å². The van der Waals surface area contributed by atoms with Crippen LogP contribution < -0.4 is 14.8 Å². The van der Waals surface area contributed by atoms with Gasteiger partial charge in [-0.05, 0) is 31.2 Å². The fourth-order valence-electron chi connectivity index (χ4n) is 1.87. The third kappa shape index (κ3) is 5.85. The molecule has 4 heteroatoms. The van der Waals surface area contributed by atoms with Gasteiger partial charge in [0.25, 0.3) is 0 Å². The summed E-state index contributed by atoms with van der Waals surface area (Å²) in [4.78, 5) is 0. The van der Waals surface area contributed by atoms with Crippen LogP contribution in [0.2, 0.25) is 0 Å². The van der Waals surface area contributed by atoms with E-state index < -0.39 is 0 Å². The van der Waals surface area contributed by atoms with Gasteiger partial charge in [0.1, 0.15) is 36.9 Å². The zero-order valence-corrected chi connectivity index (χ0v) is 12.2. The number of quaternary nitrogens is 1. The molecule has 2 aromatic carbocycles. The Hall–Kier alpha value is -2.04. The van der Waals surface area contributed by atoms with Crippen molar-refractivity contribution in [1.82, 2.24) is 0 Å². The van der Waals surface area contributed by atoms with Crippen LogP contribution in [0.5, 0.6) is 17.2 Å². The van der Waals surface area contributed by atoms with Gasteiger partial charge in [-0.3, -0.25) is 0 Å². The molecule has 4 nitrogen and oxygen atoms in total. The van der Waals surface area contributed by atoms with Crippen molar-refractivity contribution < 1.29 is 19.9 Å². The molecule has 21 heavy (non-hydrogen) atoms. The second-order valence-corrected chi connectivity index (χ2v) is 4.90. The predicted molar refractivity (Wildman–Crippen MR) is 81.8 cm³/mol. The molecule has 0 saturated carbocycles. The van der Waals surface area contributed by atoms with Gasteiger partial charge in [-0.2, -0.15) is 0 Å². The average molecular weight is 288 g/mol. The minimum absolute atomic E-state index is 0.285. The second kappa shape index (κ2) is 8.29. The maximum atomic E-state index is 9.16. The molecule has 0 radical (unpaired) electrons. The van der Waals surface area contributed by atoms with Crippen molar-refractivity contribution >= 4 is 0 Å². The molecule has 0 unspecified atom stereocenters. The molecule has 0 amide bonds. The lowest BCUT2D eigenvalue weighted by atomic mass is 10.3. The van der Waals surface area contributed by atoms with Gasteiger partial charge in [0.2, 0.25) is 0 Å². The van der Waals surface area contributed by atoms with E-state index in [-0.39, 0.29) is 6.10 Å². The molecule has 0 bridgehead atoms. The first-order valence-corrected chi connectivity index (χ1v) is 7.19. The summed E-state index contributed by atoms with van der Waals surface area (Å²) in [6.07, 6.45) is -0.285. The maximum absolute atomic E-state index is 9.16. The van der Waals surface area contributed by atoms with Gasteiger partial charge in [-0.15, -0.1) is 0 Å². The van der Waals surface area contributed by atoms with Crippen LogP contribution >= 0.6 is 0 Å². The first-order chi connectivity index (χ1) is 10.2. The molecule has 112 valence electrons. The Kier molecular flexibility index (Phi) is 6.06. The van der Waals surface area contributed by atoms with Crippen LogP contribution in [0.4, 0.5) is 0 Å². The van der Waals surface area contributed by atoms with Crippen LogP contribution in [0, 0.1) is 0 Å². The average Bonchev–Trinajstić information content (AvgIpc) is 2.48. The number of aliphatic hydroxyl groups is 1. The van der Waals surface area contributed by atoms with Crippen molar-refractivity contribution in [2.45, 2.75) is 13.0 Å². The van der Waals surface area contributed by atoms with Crippen LogP contribution in [-0.4, -0.2) is 30.9 Å². The van der Waals surface area contributed by atoms with Crippen molar-refractivity contribution in [2.24, 2.45) is 0 Å². The third-order valence-corrected chi connectivity index (χ3v) is 2.88. The monoisotopic (exact) mass is 288 g/mol. The zero-order chi connectivity index (χ0) is 14.9. The fraction of sp³-hybridized carbons (Fsp3) is 0.294. The van der Waals surface area contributed by atoms with E-state index in [1.54, 1.807) is 6.92 Å². The molecule has 0 aromatic heterocycles. The quantitative estimate of drug-likeness (QED) is 0.728. The summed E-state index contributed by atoms with van der Waals surface area (Å²) in [6.45, 7) is 3.89. The number of nitrogens with two attached hydrogens (primary N) is 1. The second-order valence-electron chi connectivity index (χ2n) is 4.90. The lowest BCUT2D eigenvalue weighted by Crippen LogP contribution is -2.87. The Morgan fingerprint density at radius 1 is 1.00 bits per heavy atom. The van der Waals surface area contributed by atoms with Crippen LogP contribution in [0.15, 0.2) is 54.6 Å². The smallest absolute Gasteiger partial charge is 0.137 e. The van der Waals surface area contributed by atoms with E-state index in [2.05, 4.69) is 0 Å². The van der Waals surface area contributed by atoms with Gasteiger partial charge in [-0.1, -0.05) is 24.3 Å².